The van der Waals surface area contributed by atoms with E-state index in [4.69, 9.17) is 0 Å². The second-order valence-electron chi connectivity index (χ2n) is 4.85. The largest absolute Gasteiger partial charge is 0.373 e. The molecule has 1 atom stereocenters. The molecule has 1 aromatic carbocycles. The van der Waals surface area contributed by atoms with Crippen molar-refractivity contribution in [3.63, 3.8) is 0 Å². The van der Waals surface area contributed by atoms with Crippen molar-refractivity contribution in [3.8, 4) is 0 Å². The summed E-state index contributed by atoms with van der Waals surface area (Å²) < 4.78 is 1.70. The molecule has 3 rings (SSSR count). The van der Waals surface area contributed by atoms with E-state index in [2.05, 4.69) is 15.7 Å². The molecule has 0 radical (unpaired) electrons. The van der Waals surface area contributed by atoms with Crippen LogP contribution in [0.15, 0.2) is 30.5 Å². The van der Waals surface area contributed by atoms with Crippen LogP contribution in [0.5, 0.6) is 0 Å². The van der Waals surface area contributed by atoms with Gasteiger partial charge in [0.25, 0.3) is 0 Å². The third kappa shape index (κ3) is 2.19. The molecule has 0 aliphatic carbocycles. The van der Waals surface area contributed by atoms with Gasteiger partial charge in [-0.3, -0.25) is 9.48 Å². The van der Waals surface area contributed by atoms with E-state index in [0.717, 1.165) is 23.5 Å². The molecule has 2 N–H and O–H groups in total. The van der Waals surface area contributed by atoms with Gasteiger partial charge in [0, 0.05) is 25.4 Å². The quantitative estimate of drug-likeness (QED) is 0.860. The summed E-state index contributed by atoms with van der Waals surface area (Å²) in [6.45, 7) is 1.88. The Morgan fingerprint density at radius 2 is 2.26 bits per heavy atom. The number of hydrogen-bond donors (Lipinski definition) is 2. The van der Waals surface area contributed by atoms with Gasteiger partial charge >= 0.3 is 0 Å². The molecule has 2 heterocycles. The maximum absolute atomic E-state index is 12.2. The molecule has 0 spiro atoms. The Labute approximate surface area is 111 Å². The highest BCUT2D eigenvalue weighted by molar-refractivity contribution is 5.98. The van der Waals surface area contributed by atoms with Gasteiger partial charge in [-0.2, -0.15) is 5.10 Å². The fourth-order valence-electron chi connectivity index (χ4n) is 2.40. The van der Waals surface area contributed by atoms with Gasteiger partial charge in [-0.1, -0.05) is 18.2 Å². The van der Waals surface area contributed by atoms with Gasteiger partial charge in [0.15, 0.2) is 0 Å². The minimum absolute atomic E-state index is 0.0210. The summed E-state index contributed by atoms with van der Waals surface area (Å²) in [7, 11) is 1.84. The molecule has 19 heavy (non-hydrogen) atoms. The Hall–Kier alpha value is -2.30. The Kier molecular flexibility index (Phi) is 2.74. The zero-order valence-electron chi connectivity index (χ0n) is 11.0. The van der Waals surface area contributed by atoms with Crippen LogP contribution in [0.3, 0.4) is 0 Å². The van der Waals surface area contributed by atoms with Gasteiger partial charge in [0.1, 0.15) is 6.04 Å². The summed E-state index contributed by atoms with van der Waals surface area (Å²) in [5.74, 6) is -0.0210. The highest BCUT2D eigenvalue weighted by Gasteiger charge is 2.26. The third-order valence-corrected chi connectivity index (χ3v) is 3.36. The topological polar surface area (TPSA) is 59.0 Å². The molecule has 1 aliphatic heterocycles. The zero-order chi connectivity index (χ0) is 13.4. The molecule has 1 amide bonds. The SMILES string of the molecule is Cc1nn(C)cc1NC(=O)C1Cc2ccccc2N1. The summed E-state index contributed by atoms with van der Waals surface area (Å²) in [6.07, 6.45) is 2.54. The molecule has 1 aromatic heterocycles. The molecule has 0 saturated heterocycles. The fourth-order valence-corrected chi connectivity index (χ4v) is 2.40. The van der Waals surface area contributed by atoms with Gasteiger partial charge in [0.05, 0.1) is 11.4 Å². The van der Waals surface area contributed by atoms with Gasteiger partial charge in [-0.15, -0.1) is 0 Å². The number of carbonyl (C=O) groups is 1. The number of nitrogens with one attached hydrogen (secondary N) is 2. The summed E-state index contributed by atoms with van der Waals surface area (Å²) in [5.41, 5.74) is 3.83. The van der Waals surface area contributed by atoms with E-state index in [1.807, 2.05) is 44.4 Å². The number of aryl methyl sites for hydroxylation is 2. The Balaban J connectivity index is 1.72. The number of para-hydroxylation sites is 1. The Morgan fingerprint density at radius 3 is 2.95 bits per heavy atom. The number of benzene rings is 1. The van der Waals surface area contributed by atoms with Crippen molar-refractivity contribution >= 4 is 17.3 Å². The van der Waals surface area contributed by atoms with Crippen LogP contribution in [0.4, 0.5) is 11.4 Å². The lowest BCUT2D eigenvalue weighted by Crippen LogP contribution is -2.32. The predicted molar refractivity (Wildman–Crippen MR) is 74.1 cm³/mol. The number of hydrogen-bond acceptors (Lipinski definition) is 3. The molecule has 1 aliphatic rings. The Morgan fingerprint density at radius 1 is 1.47 bits per heavy atom. The molecule has 1 unspecified atom stereocenters. The monoisotopic (exact) mass is 256 g/mol. The molecule has 5 heteroatoms. The molecular weight excluding hydrogens is 240 g/mol. The molecule has 2 aromatic rings. The number of amides is 1. The van der Waals surface area contributed by atoms with Crippen LogP contribution < -0.4 is 10.6 Å². The summed E-state index contributed by atoms with van der Waals surface area (Å²) in [6, 6.07) is 7.80. The zero-order valence-corrected chi connectivity index (χ0v) is 11.0. The highest BCUT2D eigenvalue weighted by Crippen LogP contribution is 2.26. The van der Waals surface area contributed by atoms with Crippen LogP contribution in [0.2, 0.25) is 0 Å². The van der Waals surface area contributed by atoms with E-state index < -0.39 is 0 Å². The number of rotatable bonds is 2. The van der Waals surface area contributed by atoms with E-state index in [0.29, 0.717) is 0 Å². The predicted octanol–water partition coefficient (Wildman–Crippen LogP) is 1.70. The van der Waals surface area contributed by atoms with E-state index >= 15 is 0 Å². The van der Waals surface area contributed by atoms with Crippen LogP contribution >= 0.6 is 0 Å². The number of nitrogens with zero attached hydrogens (tertiary/aromatic N) is 2. The normalized spacial score (nSPS) is 16.8. The van der Waals surface area contributed by atoms with Crippen LogP contribution in [-0.4, -0.2) is 21.7 Å². The van der Waals surface area contributed by atoms with Crippen molar-refractivity contribution in [2.45, 2.75) is 19.4 Å². The first-order valence-corrected chi connectivity index (χ1v) is 6.29. The van der Waals surface area contributed by atoms with Crippen molar-refractivity contribution in [1.82, 2.24) is 9.78 Å². The van der Waals surface area contributed by atoms with Gasteiger partial charge in [-0.25, -0.2) is 0 Å². The lowest BCUT2D eigenvalue weighted by atomic mass is 10.1. The molecule has 5 nitrogen and oxygen atoms in total. The van der Waals surface area contributed by atoms with E-state index in [1.54, 1.807) is 4.68 Å². The smallest absolute Gasteiger partial charge is 0.247 e. The van der Waals surface area contributed by atoms with Crippen LogP contribution in [-0.2, 0) is 18.3 Å². The number of anilines is 2. The molecule has 0 saturated carbocycles. The number of carbonyl (C=O) groups excluding carboxylic acids is 1. The first-order valence-electron chi connectivity index (χ1n) is 6.29. The standard InChI is InChI=1S/C14H16N4O/c1-9-13(8-18(2)17-9)16-14(19)12-7-10-5-3-4-6-11(10)15-12/h3-6,8,12,15H,7H2,1-2H3,(H,16,19). The van der Waals surface area contributed by atoms with Gasteiger partial charge in [-0.05, 0) is 18.6 Å². The fraction of sp³-hybridized carbons (Fsp3) is 0.286. The van der Waals surface area contributed by atoms with E-state index in [-0.39, 0.29) is 11.9 Å². The molecule has 98 valence electrons. The van der Waals surface area contributed by atoms with Crippen LogP contribution in [0.25, 0.3) is 0 Å². The Bertz CT molecular complexity index is 607. The van der Waals surface area contributed by atoms with Crippen molar-refractivity contribution in [2.75, 3.05) is 10.6 Å². The van der Waals surface area contributed by atoms with Crippen LogP contribution in [0.1, 0.15) is 11.3 Å². The third-order valence-electron chi connectivity index (χ3n) is 3.36. The number of fused-ring (bicyclic) bond motifs is 1. The summed E-state index contributed by atoms with van der Waals surface area (Å²) >= 11 is 0. The van der Waals surface area contributed by atoms with Crippen molar-refractivity contribution in [2.24, 2.45) is 7.05 Å². The summed E-state index contributed by atoms with van der Waals surface area (Å²) in [5, 5.41) is 10.4. The van der Waals surface area contributed by atoms with Gasteiger partial charge < -0.3 is 10.6 Å². The van der Waals surface area contributed by atoms with E-state index in [9.17, 15) is 4.79 Å². The minimum Gasteiger partial charge on any atom is -0.373 e. The lowest BCUT2D eigenvalue weighted by Gasteiger charge is -2.11. The maximum atomic E-state index is 12.2. The van der Waals surface area contributed by atoms with E-state index in [1.165, 1.54) is 5.56 Å². The average molecular weight is 256 g/mol. The first kappa shape index (κ1) is 11.8. The first-order chi connectivity index (χ1) is 9.13. The summed E-state index contributed by atoms with van der Waals surface area (Å²) in [4.78, 5) is 12.2. The van der Waals surface area contributed by atoms with Crippen molar-refractivity contribution in [3.05, 3.63) is 41.7 Å². The lowest BCUT2D eigenvalue weighted by molar-refractivity contribution is -0.116. The van der Waals surface area contributed by atoms with Gasteiger partial charge in [0.2, 0.25) is 5.91 Å². The van der Waals surface area contributed by atoms with Crippen molar-refractivity contribution < 1.29 is 4.79 Å². The molecular formula is C14H16N4O. The maximum Gasteiger partial charge on any atom is 0.247 e. The second kappa shape index (κ2) is 4.42. The van der Waals surface area contributed by atoms with Crippen LogP contribution in [0, 0.1) is 6.92 Å². The highest BCUT2D eigenvalue weighted by atomic mass is 16.2. The second-order valence-corrected chi connectivity index (χ2v) is 4.85. The van der Waals surface area contributed by atoms with Crippen molar-refractivity contribution in [1.29, 1.82) is 0 Å². The molecule has 0 fully saturated rings. The molecule has 0 bridgehead atoms. The number of aromatic nitrogens is 2. The average Bonchev–Trinajstić information content (AvgIpc) is 2.93. The minimum atomic E-state index is -0.211.